The molecule has 0 unspecified atom stereocenters. The maximum atomic E-state index is 14.3. The van der Waals surface area contributed by atoms with E-state index in [9.17, 15) is 14.0 Å². The number of benzene rings is 3. The standard InChI is InChI=1S/C31H34FN5O3/c1-21(37-34-27-10-6-7-11-28(27)35-37)31(39)36(20-22-12-18-26(40-2)19-13-22)29(23-14-16-24(32)17-15-23)30(38)33-25-8-4-3-5-9-25/h6-7,10-19,21,25,29H,3-5,8-9,20H2,1-2H3,(H,33,38)/t21-,29-/m0/s1. The van der Waals surface area contributed by atoms with E-state index >= 15 is 0 Å². The van der Waals surface area contributed by atoms with Crippen LogP contribution in [0.4, 0.5) is 4.39 Å². The van der Waals surface area contributed by atoms with Gasteiger partial charge in [0.15, 0.2) is 0 Å². The van der Waals surface area contributed by atoms with Gasteiger partial charge in [-0.15, -0.1) is 0 Å². The molecule has 1 heterocycles. The van der Waals surface area contributed by atoms with Crippen LogP contribution in [0.2, 0.25) is 0 Å². The van der Waals surface area contributed by atoms with Crippen LogP contribution in [0.5, 0.6) is 5.75 Å². The quantitative estimate of drug-likeness (QED) is 0.307. The fourth-order valence-electron chi connectivity index (χ4n) is 5.26. The number of amides is 2. The Hall–Kier alpha value is -4.27. The average molecular weight is 544 g/mol. The molecular formula is C31H34FN5O3. The third-order valence-corrected chi connectivity index (χ3v) is 7.50. The Morgan fingerprint density at radius 3 is 2.20 bits per heavy atom. The molecule has 0 saturated heterocycles. The maximum absolute atomic E-state index is 14.3. The third-order valence-electron chi connectivity index (χ3n) is 7.50. The van der Waals surface area contributed by atoms with Gasteiger partial charge in [-0.25, -0.2) is 4.39 Å². The number of rotatable bonds is 9. The molecule has 2 amide bonds. The predicted octanol–water partition coefficient (Wildman–Crippen LogP) is 5.36. The Balaban J connectivity index is 1.53. The van der Waals surface area contributed by atoms with Crippen molar-refractivity contribution in [3.05, 3.63) is 89.7 Å². The lowest BCUT2D eigenvalue weighted by molar-refractivity contribution is -0.144. The van der Waals surface area contributed by atoms with Crippen molar-refractivity contribution in [1.82, 2.24) is 25.2 Å². The van der Waals surface area contributed by atoms with Gasteiger partial charge in [-0.1, -0.05) is 55.7 Å². The minimum atomic E-state index is -0.982. The van der Waals surface area contributed by atoms with Crippen LogP contribution in [0, 0.1) is 5.82 Å². The first-order valence-electron chi connectivity index (χ1n) is 13.7. The monoisotopic (exact) mass is 543 g/mol. The predicted molar refractivity (Wildman–Crippen MR) is 150 cm³/mol. The lowest BCUT2D eigenvalue weighted by Crippen LogP contribution is -2.48. The second kappa shape index (κ2) is 12.3. The van der Waals surface area contributed by atoms with Crippen molar-refractivity contribution >= 4 is 22.8 Å². The van der Waals surface area contributed by atoms with Gasteiger partial charge in [-0.2, -0.15) is 15.0 Å². The molecule has 40 heavy (non-hydrogen) atoms. The number of hydrogen-bond donors (Lipinski definition) is 1. The lowest BCUT2D eigenvalue weighted by atomic mass is 9.94. The molecule has 2 atom stereocenters. The molecule has 208 valence electrons. The SMILES string of the molecule is COc1ccc(CN(C(=O)[C@H](C)n2nc3ccccc3n2)[C@H](C(=O)NC2CCCCC2)c2ccc(F)cc2)cc1. The van der Waals surface area contributed by atoms with Gasteiger partial charge in [0.05, 0.1) is 7.11 Å². The summed E-state index contributed by atoms with van der Waals surface area (Å²) in [4.78, 5) is 31.2. The number of nitrogens with zero attached hydrogens (tertiary/aromatic N) is 4. The molecule has 0 aliphatic heterocycles. The Bertz CT molecular complexity index is 1420. The van der Waals surface area contributed by atoms with Crippen molar-refractivity contribution in [2.45, 2.75) is 63.7 Å². The van der Waals surface area contributed by atoms with Crippen LogP contribution in [-0.2, 0) is 16.1 Å². The largest absolute Gasteiger partial charge is 0.497 e. The van der Waals surface area contributed by atoms with Gasteiger partial charge < -0.3 is 15.0 Å². The molecule has 0 spiro atoms. The number of carbonyl (C=O) groups excluding carboxylic acids is 2. The molecule has 9 heteroatoms. The smallest absolute Gasteiger partial charge is 0.250 e. The highest BCUT2D eigenvalue weighted by Crippen LogP contribution is 2.29. The fourth-order valence-corrected chi connectivity index (χ4v) is 5.26. The molecule has 1 aliphatic carbocycles. The van der Waals surface area contributed by atoms with Gasteiger partial charge in [-0.05, 0) is 67.3 Å². The van der Waals surface area contributed by atoms with Crippen LogP contribution in [0.3, 0.4) is 0 Å². The van der Waals surface area contributed by atoms with E-state index in [1.165, 1.54) is 16.9 Å². The molecule has 3 aromatic carbocycles. The van der Waals surface area contributed by atoms with E-state index in [0.717, 1.165) is 37.7 Å². The van der Waals surface area contributed by atoms with Crippen molar-refractivity contribution in [2.24, 2.45) is 0 Å². The van der Waals surface area contributed by atoms with Gasteiger partial charge in [0.1, 0.15) is 34.7 Å². The highest BCUT2D eigenvalue weighted by molar-refractivity contribution is 5.90. The van der Waals surface area contributed by atoms with Crippen molar-refractivity contribution in [2.75, 3.05) is 7.11 Å². The highest BCUT2D eigenvalue weighted by Gasteiger charge is 2.36. The molecule has 1 saturated carbocycles. The molecule has 4 aromatic rings. The Labute approximate surface area is 233 Å². The topological polar surface area (TPSA) is 89.3 Å². The van der Waals surface area contributed by atoms with Crippen LogP contribution in [0.1, 0.15) is 62.2 Å². The molecule has 1 aliphatic rings. The summed E-state index contributed by atoms with van der Waals surface area (Å²) in [6, 6.07) is 18.8. The molecule has 0 bridgehead atoms. The number of ether oxygens (including phenoxy) is 1. The number of aromatic nitrogens is 3. The van der Waals surface area contributed by atoms with E-state index in [4.69, 9.17) is 4.74 Å². The first kappa shape index (κ1) is 27.3. The Morgan fingerprint density at radius 1 is 0.975 bits per heavy atom. The molecule has 0 radical (unpaired) electrons. The second-order valence-electron chi connectivity index (χ2n) is 10.3. The zero-order valence-corrected chi connectivity index (χ0v) is 22.8. The fraction of sp³-hybridized carbons (Fsp3) is 0.355. The van der Waals surface area contributed by atoms with E-state index in [0.29, 0.717) is 22.3 Å². The zero-order valence-electron chi connectivity index (χ0n) is 22.8. The van der Waals surface area contributed by atoms with E-state index in [2.05, 4.69) is 15.5 Å². The van der Waals surface area contributed by atoms with Gasteiger partial charge in [0.2, 0.25) is 11.8 Å². The summed E-state index contributed by atoms with van der Waals surface area (Å²) in [5.74, 6) is -0.341. The molecule has 8 nitrogen and oxygen atoms in total. The summed E-state index contributed by atoms with van der Waals surface area (Å²) < 4.78 is 19.2. The average Bonchev–Trinajstić information content (AvgIpc) is 3.42. The number of halogens is 1. The van der Waals surface area contributed by atoms with E-state index in [1.807, 2.05) is 48.5 Å². The molecular weight excluding hydrogens is 509 g/mol. The molecule has 5 rings (SSSR count). The number of carbonyl (C=O) groups is 2. The number of nitrogens with one attached hydrogen (secondary N) is 1. The van der Waals surface area contributed by atoms with Crippen molar-refractivity contribution in [1.29, 1.82) is 0 Å². The first-order valence-corrected chi connectivity index (χ1v) is 13.7. The summed E-state index contributed by atoms with van der Waals surface area (Å²) in [6.45, 7) is 1.87. The van der Waals surface area contributed by atoms with E-state index in [1.54, 1.807) is 31.1 Å². The molecule has 1 N–H and O–H groups in total. The zero-order chi connectivity index (χ0) is 28.1. The van der Waals surface area contributed by atoms with Crippen LogP contribution in [0.15, 0.2) is 72.8 Å². The van der Waals surface area contributed by atoms with Gasteiger partial charge in [-0.3, -0.25) is 9.59 Å². The van der Waals surface area contributed by atoms with Gasteiger partial charge >= 0.3 is 0 Å². The second-order valence-corrected chi connectivity index (χ2v) is 10.3. The summed E-state index contributed by atoms with van der Waals surface area (Å²) in [5, 5.41) is 12.2. The molecule has 1 fully saturated rings. The highest BCUT2D eigenvalue weighted by atomic mass is 19.1. The Morgan fingerprint density at radius 2 is 1.60 bits per heavy atom. The number of methoxy groups -OCH3 is 1. The normalized spacial score (nSPS) is 15.4. The number of hydrogen-bond acceptors (Lipinski definition) is 5. The van der Waals surface area contributed by atoms with Crippen molar-refractivity contribution < 1.29 is 18.7 Å². The van der Waals surface area contributed by atoms with Gasteiger partial charge in [0, 0.05) is 12.6 Å². The number of fused-ring (bicyclic) bond motifs is 1. The van der Waals surface area contributed by atoms with Crippen LogP contribution >= 0.6 is 0 Å². The van der Waals surface area contributed by atoms with E-state index in [-0.39, 0.29) is 24.4 Å². The molecule has 1 aromatic heterocycles. The summed E-state index contributed by atoms with van der Waals surface area (Å²) in [7, 11) is 1.59. The van der Waals surface area contributed by atoms with Crippen LogP contribution in [0.25, 0.3) is 11.0 Å². The van der Waals surface area contributed by atoms with Crippen molar-refractivity contribution in [3.63, 3.8) is 0 Å². The first-order chi connectivity index (χ1) is 19.4. The summed E-state index contributed by atoms with van der Waals surface area (Å²) >= 11 is 0. The maximum Gasteiger partial charge on any atom is 0.250 e. The van der Waals surface area contributed by atoms with Crippen LogP contribution in [-0.4, -0.2) is 44.9 Å². The Kier molecular flexibility index (Phi) is 8.38. The third kappa shape index (κ3) is 6.14. The lowest BCUT2D eigenvalue weighted by Gasteiger charge is -2.34. The minimum absolute atomic E-state index is 0.0395. The van der Waals surface area contributed by atoms with Gasteiger partial charge in [0.25, 0.3) is 0 Å². The van der Waals surface area contributed by atoms with E-state index < -0.39 is 17.9 Å². The summed E-state index contributed by atoms with van der Waals surface area (Å²) in [6.07, 6.45) is 5.05. The van der Waals surface area contributed by atoms with Crippen LogP contribution < -0.4 is 10.1 Å². The van der Waals surface area contributed by atoms with Crippen molar-refractivity contribution in [3.8, 4) is 5.75 Å². The summed E-state index contributed by atoms with van der Waals surface area (Å²) in [5.41, 5.74) is 2.70. The minimum Gasteiger partial charge on any atom is -0.497 e.